The first kappa shape index (κ1) is 31.7. The zero-order valence-corrected chi connectivity index (χ0v) is 27.7. The normalized spacial score (nSPS) is 20.1. The fourth-order valence-corrected chi connectivity index (χ4v) is 7.56. The summed E-state index contributed by atoms with van der Waals surface area (Å²) in [5, 5.41) is 7.78. The molecule has 2 aromatic heterocycles. The van der Waals surface area contributed by atoms with Crippen molar-refractivity contribution in [2.24, 2.45) is 0 Å². The van der Waals surface area contributed by atoms with E-state index in [2.05, 4.69) is 15.3 Å². The van der Waals surface area contributed by atoms with Crippen LogP contribution >= 0.6 is 0 Å². The summed E-state index contributed by atoms with van der Waals surface area (Å²) in [6.07, 6.45) is 1.54. The molecule has 4 aliphatic heterocycles. The van der Waals surface area contributed by atoms with Gasteiger partial charge in [0.25, 0.3) is 11.8 Å². The average molecular weight is 702 g/mol. The lowest BCUT2D eigenvalue weighted by molar-refractivity contribution is -0.136. The summed E-state index contributed by atoms with van der Waals surface area (Å²) in [4.78, 5) is 63.8. The van der Waals surface area contributed by atoms with Gasteiger partial charge in [-0.1, -0.05) is 18.2 Å². The third kappa shape index (κ3) is 5.31. The van der Waals surface area contributed by atoms with Crippen molar-refractivity contribution in [1.29, 1.82) is 0 Å². The number of imide groups is 2. The summed E-state index contributed by atoms with van der Waals surface area (Å²) in [5.41, 5.74) is 7.93. The van der Waals surface area contributed by atoms with E-state index in [-0.39, 0.29) is 49.6 Å². The van der Waals surface area contributed by atoms with Crippen molar-refractivity contribution in [2.45, 2.75) is 30.6 Å². The first-order valence-electron chi connectivity index (χ1n) is 17.0. The topological polar surface area (TPSA) is 169 Å². The lowest BCUT2D eigenvalue weighted by Crippen LogP contribution is -2.66. The second kappa shape index (κ2) is 11.9. The van der Waals surface area contributed by atoms with Crippen LogP contribution in [0.3, 0.4) is 0 Å². The summed E-state index contributed by atoms with van der Waals surface area (Å²) in [7, 11) is 0. The SMILES string of the molecule is Nc1ncnc2c1c(-c1ccc(Oc3ccccc3)cc1)nn2C1CN(CC2(F)CN(c3ccc4c(c3)C(=O)N(C3CCC(=O)NC3=O)C4=O)C2)C1. The van der Waals surface area contributed by atoms with Crippen LogP contribution in [-0.2, 0) is 9.59 Å². The Bertz CT molecular complexity index is 2280. The number of carbonyl (C=O) groups excluding carboxylic acids is 4. The van der Waals surface area contributed by atoms with Crippen molar-refractivity contribution in [2.75, 3.05) is 43.4 Å². The van der Waals surface area contributed by atoms with Crippen LogP contribution in [0.4, 0.5) is 15.9 Å². The van der Waals surface area contributed by atoms with E-state index in [0.29, 0.717) is 47.1 Å². The van der Waals surface area contributed by atoms with Gasteiger partial charge in [0.1, 0.15) is 35.4 Å². The summed E-state index contributed by atoms with van der Waals surface area (Å²) < 4.78 is 23.8. The van der Waals surface area contributed by atoms with Crippen LogP contribution < -0.4 is 20.7 Å². The van der Waals surface area contributed by atoms with Gasteiger partial charge in [0.05, 0.1) is 35.6 Å². The van der Waals surface area contributed by atoms with Gasteiger partial charge in [0.15, 0.2) is 11.3 Å². The predicted octanol–water partition coefficient (Wildman–Crippen LogP) is 3.35. The molecule has 14 nitrogen and oxygen atoms in total. The van der Waals surface area contributed by atoms with E-state index in [1.54, 1.807) is 18.2 Å². The van der Waals surface area contributed by atoms with Crippen molar-refractivity contribution >= 4 is 46.2 Å². The second-order valence-corrected chi connectivity index (χ2v) is 13.7. The summed E-state index contributed by atoms with van der Waals surface area (Å²) in [6.45, 7) is 1.60. The van der Waals surface area contributed by atoms with E-state index >= 15 is 4.39 Å². The fraction of sp³-hybridized carbons (Fsp3) is 0.270. The van der Waals surface area contributed by atoms with E-state index < -0.39 is 35.3 Å². The Hall–Kier alpha value is -6.22. The number of halogens is 1. The minimum atomic E-state index is -1.48. The number of anilines is 2. The van der Waals surface area contributed by atoms with E-state index in [4.69, 9.17) is 15.6 Å². The van der Waals surface area contributed by atoms with Crippen molar-refractivity contribution in [1.82, 2.24) is 34.9 Å². The number of rotatable bonds is 8. The van der Waals surface area contributed by atoms with Crippen molar-refractivity contribution < 1.29 is 28.3 Å². The van der Waals surface area contributed by atoms with E-state index in [0.717, 1.165) is 16.2 Å². The van der Waals surface area contributed by atoms with Crippen LogP contribution in [0.5, 0.6) is 11.5 Å². The van der Waals surface area contributed by atoms with Gasteiger partial charge < -0.3 is 15.4 Å². The smallest absolute Gasteiger partial charge is 0.262 e. The van der Waals surface area contributed by atoms with Crippen molar-refractivity contribution in [3.8, 4) is 22.8 Å². The Morgan fingerprint density at radius 3 is 2.38 bits per heavy atom. The van der Waals surface area contributed by atoms with Crippen LogP contribution in [0.1, 0.15) is 39.6 Å². The van der Waals surface area contributed by atoms with Gasteiger partial charge in [-0.25, -0.2) is 19.0 Å². The highest BCUT2D eigenvalue weighted by Gasteiger charge is 2.49. The Morgan fingerprint density at radius 2 is 1.63 bits per heavy atom. The fourth-order valence-electron chi connectivity index (χ4n) is 7.56. The number of ether oxygens (including phenoxy) is 1. The molecule has 3 fully saturated rings. The molecule has 0 radical (unpaired) electrons. The summed E-state index contributed by atoms with van der Waals surface area (Å²) in [6, 6.07) is 20.8. The number of alkyl halides is 1. The number of likely N-dealkylation sites (tertiary alicyclic amines) is 1. The predicted molar refractivity (Wildman–Crippen MR) is 186 cm³/mol. The molecule has 3 N–H and O–H groups in total. The van der Waals surface area contributed by atoms with Crippen LogP contribution in [0.2, 0.25) is 0 Å². The number of fused-ring (bicyclic) bond motifs is 2. The first-order chi connectivity index (χ1) is 25.1. The van der Waals surface area contributed by atoms with E-state index in [1.807, 2.05) is 69.1 Å². The lowest BCUT2D eigenvalue weighted by atomic mass is 9.92. The molecule has 3 aromatic carbocycles. The number of para-hydroxylation sites is 1. The summed E-state index contributed by atoms with van der Waals surface area (Å²) >= 11 is 0. The standard InChI is InChI=1S/C37H32FN9O5/c38-37(18-45(19-37)22-8-11-26-27(14-22)36(51)46(35(26)50)28-12-13-29(48)42-34(28)49)17-44-15-23(16-44)47-33-30(32(39)40-20-41-33)31(43-47)21-6-9-25(10-7-21)52-24-4-2-1-3-5-24/h1-11,14,20,23,28H,12-13,15-19H2,(H2,39,40,41)(H,42,48,49). The molecular formula is C37H32FN9O5. The number of amides is 4. The molecule has 5 aromatic rings. The molecule has 262 valence electrons. The van der Waals surface area contributed by atoms with Crippen molar-refractivity contribution in [3.63, 3.8) is 0 Å². The van der Waals surface area contributed by atoms with E-state index in [9.17, 15) is 19.2 Å². The lowest BCUT2D eigenvalue weighted by Gasteiger charge is -2.50. The monoisotopic (exact) mass is 701 g/mol. The van der Waals surface area contributed by atoms with Crippen LogP contribution in [0.25, 0.3) is 22.3 Å². The maximum atomic E-state index is 16.0. The molecule has 6 heterocycles. The largest absolute Gasteiger partial charge is 0.457 e. The zero-order chi connectivity index (χ0) is 35.7. The molecular weight excluding hydrogens is 669 g/mol. The van der Waals surface area contributed by atoms with Gasteiger partial charge in [-0.15, -0.1) is 0 Å². The summed E-state index contributed by atoms with van der Waals surface area (Å²) in [5.74, 6) is -0.520. The molecule has 1 unspecified atom stereocenters. The maximum Gasteiger partial charge on any atom is 0.262 e. The van der Waals surface area contributed by atoms with Crippen LogP contribution in [0.15, 0.2) is 79.1 Å². The number of piperidine rings is 1. The molecule has 0 saturated carbocycles. The highest BCUT2D eigenvalue weighted by atomic mass is 19.1. The van der Waals surface area contributed by atoms with Gasteiger partial charge >= 0.3 is 0 Å². The average Bonchev–Trinajstić information content (AvgIpc) is 3.61. The molecule has 3 saturated heterocycles. The van der Waals surface area contributed by atoms with Gasteiger partial charge in [-0.05, 0) is 61.0 Å². The maximum absolute atomic E-state index is 16.0. The number of hydrogen-bond acceptors (Lipinski definition) is 11. The minimum Gasteiger partial charge on any atom is -0.457 e. The quantitative estimate of drug-likeness (QED) is 0.228. The Morgan fingerprint density at radius 1 is 0.904 bits per heavy atom. The highest BCUT2D eigenvalue weighted by Crippen LogP contribution is 2.39. The molecule has 0 bridgehead atoms. The van der Waals surface area contributed by atoms with Gasteiger partial charge in [-0.3, -0.25) is 34.3 Å². The van der Waals surface area contributed by atoms with E-state index in [1.165, 1.54) is 6.33 Å². The van der Waals surface area contributed by atoms with Crippen molar-refractivity contribution in [3.05, 3.63) is 90.3 Å². The number of nitrogens with two attached hydrogens (primary N) is 1. The molecule has 1 atom stereocenters. The number of aromatic nitrogens is 4. The van der Waals surface area contributed by atoms with Crippen LogP contribution in [0, 0.1) is 0 Å². The molecule has 0 aliphatic carbocycles. The Balaban J connectivity index is 0.848. The zero-order valence-electron chi connectivity index (χ0n) is 27.7. The number of nitrogens with one attached hydrogen (secondary N) is 1. The minimum absolute atomic E-state index is 0.0430. The Labute approximate surface area is 296 Å². The molecule has 52 heavy (non-hydrogen) atoms. The molecule has 15 heteroatoms. The molecule has 4 aliphatic rings. The third-order valence-electron chi connectivity index (χ3n) is 10.2. The van der Waals surface area contributed by atoms with Gasteiger partial charge in [-0.2, -0.15) is 5.10 Å². The first-order valence-corrected chi connectivity index (χ1v) is 17.0. The third-order valence-corrected chi connectivity index (χ3v) is 10.2. The Kier molecular flexibility index (Phi) is 7.29. The molecule has 9 rings (SSSR count). The highest BCUT2D eigenvalue weighted by molar-refractivity contribution is 6.23. The number of nitrogen functional groups attached to an aromatic ring is 1. The van der Waals surface area contributed by atoms with Gasteiger partial charge in [0, 0.05) is 37.3 Å². The number of benzene rings is 3. The number of hydrogen-bond donors (Lipinski definition) is 2. The molecule has 4 amide bonds. The molecule has 0 spiro atoms. The number of nitrogens with zero attached hydrogens (tertiary/aromatic N) is 7. The number of carbonyl (C=O) groups is 4. The second-order valence-electron chi connectivity index (χ2n) is 13.7. The van der Waals surface area contributed by atoms with Gasteiger partial charge in [0.2, 0.25) is 11.8 Å². The van der Waals surface area contributed by atoms with Crippen LogP contribution in [-0.4, -0.2) is 97.6 Å².